The molecule has 0 spiro atoms. The van der Waals surface area contributed by atoms with E-state index < -0.39 is 17.2 Å². The molecule has 62 valence electrons. The van der Waals surface area contributed by atoms with E-state index in [1.807, 2.05) is 0 Å². The van der Waals surface area contributed by atoms with Crippen molar-refractivity contribution in [1.29, 1.82) is 0 Å². The molecule has 0 aromatic heterocycles. The molecule has 11 heavy (non-hydrogen) atoms. The SMILES string of the molecule is NC(=S)SC(C(=O)O)C(=O)O. The second-order valence-corrected chi connectivity index (χ2v) is 3.34. The first-order chi connectivity index (χ1) is 4.95. The third kappa shape index (κ3) is 3.79. The molecule has 0 bridgehead atoms. The van der Waals surface area contributed by atoms with Gasteiger partial charge in [0, 0.05) is 0 Å². The number of nitrogens with two attached hydrogens (primary N) is 1. The molecule has 0 saturated carbocycles. The molecule has 0 saturated heterocycles. The molecule has 0 aromatic carbocycles. The van der Waals surface area contributed by atoms with E-state index in [2.05, 4.69) is 12.2 Å². The summed E-state index contributed by atoms with van der Waals surface area (Å²) in [6.07, 6.45) is 0. The minimum atomic E-state index is -1.60. The highest BCUT2D eigenvalue weighted by molar-refractivity contribution is 8.24. The highest BCUT2D eigenvalue weighted by Gasteiger charge is 2.27. The van der Waals surface area contributed by atoms with Gasteiger partial charge in [-0.1, -0.05) is 24.0 Å². The minimum absolute atomic E-state index is 0.195. The molecule has 0 aliphatic heterocycles. The first-order valence-electron chi connectivity index (χ1n) is 2.37. The zero-order chi connectivity index (χ0) is 9.02. The molecule has 0 aliphatic carbocycles. The summed E-state index contributed by atoms with van der Waals surface area (Å²) in [5, 5.41) is 14.9. The molecule has 0 amide bonds. The lowest BCUT2D eigenvalue weighted by Gasteiger charge is -2.03. The average Bonchev–Trinajstić information content (AvgIpc) is 1.81. The van der Waals surface area contributed by atoms with Crippen molar-refractivity contribution in [3.05, 3.63) is 0 Å². The van der Waals surface area contributed by atoms with Crippen LogP contribution in [0.4, 0.5) is 0 Å². The fourth-order valence-corrected chi connectivity index (χ4v) is 1.05. The van der Waals surface area contributed by atoms with Crippen LogP contribution in [0.25, 0.3) is 0 Å². The lowest BCUT2D eigenvalue weighted by molar-refractivity contribution is -0.146. The van der Waals surface area contributed by atoms with Gasteiger partial charge in [0.25, 0.3) is 0 Å². The average molecular weight is 195 g/mol. The van der Waals surface area contributed by atoms with Crippen LogP contribution < -0.4 is 5.73 Å². The van der Waals surface area contributed by atoms with Gasteiger partial charge >= 0.3 is 11.9 Å². The maximum atomic E-state index is 10.2. The number of carboxylic acids is 2. The van der Waals surface area contributed by atoms with E-state index in [1.54, 1.807) is 0 Å². The number of thioether (sulfide) groups is 1. The number of hydrogen-bond acceptors (Lipinski definition) is 4. The molecule has 0 aliphatic rings. The molecule has 4 N–H and O–H groups in total. The zero-order valence-electron chi connectivity index (χ0n) is 5.18. The second-order valence-electron chi connectivity index (χ2n) is 1.49. The van der Waals surface area contributed by atoms with Crippen molar-refractivity contribution in [3.8, 4) is 0 Å². The molecule has 0 unspecified atom stereocenters. The number of carboxylic acid groups (broad SMARTS) is 2. The Morgan fingerprint density at radius 1 is 1.36 bits per heavy atom. The summed E-state index contributed by atoms with van der Waals surface area (Å²) in [4.78, 5) is 20.3. The van der Waals surface area contributed by atoms with Crippen LogP contribution >= 0.6 is 24.0 Å². The first kappa shape index (κ1) is 10.2. The van der Waals surface area contributed by atoms with Gasteiger partial charge in [-0.05, 0) is 0 Å². The lowest BCUT2D eigenvalue weighted by Crippen LogP contribution is -2.28. The number of carbonyl (C=O) groups is 2. The monoisotopic (exact) mass is 195 g/mol. The van der Waals surface area contributed by atoms with Crippen molar-refractivity contribution in [2.75, 3.05) is 0 Å². The van der Waals surface area contributed by atoms with E-state index in [0.717, 1.165) is 0 Å². The molecule has 0 aromatic rings. The molecule has 0 rings (SSSR count). The number of hydrogen-bond donors (Lipinski definition) is 3. The van der Waals surface area contributed by atoms with Crippen LogP contribution in [0.2, 0.25) is 0 Å². The van der Waals surface area contributed by atoms with E-state index in [9.17, 15) is 9.59 Å². The fourth-order valence-electron chi connectivity index (χ4n) is 0.323. The fraction of sp³-hybridized carbons (Fsp3) is 0.250. The Morgan fingerprint density at radius 3 is 1.82 bits per heavy atom. The van der Waals surface area contributed by atoms with Gasteiger partial charge in [0.05, 0.1) is 0 Å². The van der Waals surface area contributed by atoms with Crippen LogP contribution in [0, 0.1) is 0 Å². The highest BCUT2D eigenvalue weighted by Crippen LogP contribution is 2.10. The van der Waals surface area contributed by atoms with Gasteiger partial charge in [0.2, 0.25) is 5.25 Å². The Kier molecular flexibility index (Phi) is 3.83. The molecule has 0 atom stereocenters. The number of thiocarbonyl (C=S) groups is 1. The van der Waals surface area contributed by atoms with Gasteiger partial charge < -0.3 is 15.9 Å². The Labute approximate surface area is 71.6 Å². The molecule has 0 heterocycles. The molecule has 5 nitrogen and oxygen atoms in total. The van der Waals surface area contributed by atoms with Crippen molar-refractivity contribution < 1.29 is 19.8 Å². The molecule has 7 heteroatoms. The largest absolute Gasteiger partial charge is 0.480 e. The van der Waals surface area contributed by atoms with Gasteiger partial charge in [-0.3, -0.25) is 9.59 Å². The van der Waals surface area contributed by atoms with E-state index in [0.29, 0.717) is 11.8 Å². The van der Waals surface area contributed by atoms with E-state index >= 15 is 0 Å². The smallest absolute Gasteiger partial charge is 0.328 e. The first-order valence-corrected chi connectivity index (χ1v) is 3.65. The van der Waals surface area contributed by atoms with Gasteiger partial charge in [0.1, 0.15) is 4.32 Å². The van der Waals surface area contributed by atoms with Crippen LogP contribution in [0.3, 0.4) is 0 Å². The highest BCUT2D eigenvalue weighted by atomic mass is 32.2. The summed E-state index contributed by atoms with van der Waals surface area (Å²) in [6.45, 7) is 0. The van der Waals surface area contributed by atoms with Crippen LogP contribution in [0.15, 0.2) is 0 Å². The van der Waals surface area contributed by atoms with Crippen molar-refractivity contribution in [1.82, 2.24) is 0 Å². The van der Waals surface area contributed by atoms with Gasteiger partial charge in [0.15, 0.2) is 0 Å². The molecular weight excluding hydrogens is 190 g/mol. The van der Waals surface area contributed by atoms with Crippen molar-refractivity contribution >= 4 is 40.2 Å². The normalized spacial score (nSPS) is 9.55. The van der Waals surface area contributed by atoms with Crippen molar-refractivity contribution in [3.63, 3.8) is 0 Å². The van der Waals surface area contributed by atoms with Crippen molar-refractivity contribution in [2.45, 2.75) is 5.25 Å². The van der Waals surface area contributed by atoms with Crippen LogP contribution in [0.1, 0.15) is 0 Å². The molecular formula is C4H5NO4S2. The lowest BCUT2D eigenvalue weighted by atomic mass is 10.4. The number of aliphatic carboxylic acids is 2. The molecule has 0 radical (unpaired) electrons. The van der Waals surface area contributed by atoms with Crippen LogP contribution in [-0.4, -0.2) is 31.7 Å². The summed E-state index contributed by atoms with van der Waals surface area (Å²) in [5.74, 6) is -2.93. The van der Waals surface area contributed by atoms with E-state index in [4.69, 9.17) is 15.9 Å². The van der Waals surface area contributed by atoms with Crippen molar-refractivity contribution in [2.24, 2.45) is 5.73 Å². The Bertz CT molecular complexity index is 190. The summed E-state index contributed by atoms with van der Waals surface area (Å²) >= 11 is 4.75. The predicted molar refractivity (Wildman–Crippen MR) is 43.4 cm³/mol. The van der Waals surface area contributed by atoms with E-state index in [1.165, 1.54) is 0 Å². The Balaban J connectivity index is 4.23. The maximum absolute atomic E-state index is 10.2. The summed E-state index contributed by atoms with van der Waals surface area (Å²) in [6, 6.07) is 0. The Morgan fingerprint density at radius 2 is 1.73 bits per heavy atom. The molecule has 0 fully saturated rings. The maximum Gasteiger partial charge on any atom is 0.328 e. The Hall–Kier alpha value is -0.820. The third-order valence-corrected chi connectivity index (χ3v) is 1.84. The third-order valence-electron chi connectivity index (χ3n) is 0.683. The quantitative estimate of drug-likeness (QED) is 0.412. The van der Waals surface area contributed by atoms with Crippen LogP contribution in [-0.2, 0) is 9.59 Å². The zero-order valence-corrected chi connectivity index (χ0v) is 6.82. The number of rotatable bonds is 3. The standard InChI is InChI=1S/C4H5NO4S2/c5-4(10)11-1(2(6)7)3(8)9/h1H,(H2,5,10)(H,6,7)(H,8,9). The minimum Gasteiger partial charge on any atom is -0.480 e. The second kappa shape index (κ2) is 4.14. The summed E-state index contributed by atoms with van der Waals surface area (Å²) in [5.41, 5.74) is 4.94. The van der Waals surface area contributed by atoms with Gasteiger partial charge in [-0.2, -0.15) is 0 Å². The van der Waals surface area contributed by atoms with E-state index in [-0.39, 0.29) is 4.32 Å². The summed E-state index contributed by atoms with van der Waals surface area (Å²) < 4.78 is -0.195. The van der Waals surface area contributed by atoms with Gasteiger partial charge in [-0.25, -0.2) is 0 Å². The predicted octanol–water partition coefficient (Wildman–Crippen LogP) is -0.499. The van der Waals surface area contributed by atoms with Gasteiger partial charge in [-0.15, -0.1) is 0 Å². The van der Waals surface area contributed by atoms with Crippen LogP contribution in [0.5, 0.6) is 0 Å². The summed E-state index contributed by atoms with van der Waals surface area (Å²) in [7, 11) is 0. The topological polar surface area (TPSA) is 101 Å².